The summed E-state index contributed by atoms with van der Waals surface area (Å²) in [5, 5.41) is 29.9. The first-order valence-electron chi connectivity index (χ1n) is 14.5. The SMILES string of the molecule is COC(=O)C(C)(C)CNC(=O)[C@@H](C[C@H](O)[C@@H](N)CN1CC(=O)N(c2ccccc2Cl)CC1(C)C)C(C)C.O=C(O)/C=C/C(=O)O. The van der Waals surface area contributed by atoms with Gasteiger partial charge in [-0.05, 0) is 52.2 Å². The van der Waals surface area contributed by atoms with Crippen LogP contribution in [0.15, 0.2) is 36.4 Å². The number of nitrogens with two attached hydrogens (primary N) is 1. The zero-order valence-electron chi connectivity index (χ0n) is 26.9. The van der Waals surface area contributed by atoms with Crippen LogP contribution in [0.1, 0.15) is 48.0 Å². The molecule has 1 fully saturated rings. The Morgan fingerprint density at radius 2 is 1.69 bits per heavy atom. The number of anilines is 1. The van der Waals surface area contributed by atoms with Gasteiger partial charge in [-0.3, -0.25) is 19.3 Å². The molecule has 45 heavy (non-hydrogen) atoms. The number of carboxylic acid groups (broad SMARTS) is 2. The van der Waals surface area contributed by atoms with Crippen LogP contribution in [0.2, 0.25) is 5.02 Å². The van der Waals surface area contributed by atoms with Crippen molar-refractivity contribution >= 4 is 47.0 Å². The number of halogens is 1. The van der Waals surface area contributed by atoms with E-state index in [1.165, 1.54) is 7.11 Å². The summed E-state index contributed by atoms with van der Waals surface area (Å²) in [7, 11) is 1.31. The first-order valence-corrected chi connectivity index (χ1v) is 14.8. The predicted molar refractivity (Wildman–Crippen MR) is 170 cm³/mol. The number of nitrogens with zero attached hydrogens (tertiary/aromatic N) is 2. The zero-order chi connectivity index (χ0) is 34.7. The number of aliphatic hydroxyl groups is 1. The van der Waals surface area contributed by atoms with Crippen LogP contribution in [0.3, 0.4) is 0 Å². The predicted octanol–water partition coefficient (Wildman–Crippen LogP) is 2.14. The van der Waals surface area contributed by atoms with E-state index < -0.39 is 46.9 Å². The average Bonchev–Trinajstić information content (AvgIpc) is 2.95. The number of hydrogen-bond acceptors (Lipinski definition) is 9. The maximum Gasteiger partial charge on any atom is 0.328 e. The Labute approximate surface area is 269 Å². The summed E-state index contributed by atoms with van der Waals surface area (Å²) in [5.74, 6) is -3.83. The van der Waals surface area contributed by atoms with Gasteiger partial charge >= 0.3 is 17.9 Å². The van der Waals surface area contributed by atoms with Crippen molar-refractivity contribution < 1.29 is 44.0 Å². The number of methoxy groups -OCH3 is 1. The molecule has 0 aromatic heterocycles. The van der Waals surface area contributed by atoms with Crippen LogP contribution in [-0.4, -0.2) is 101 Å². The minimum atomic E-state index is -1.26. The Kier molecular flexibility index (Phi) is 15.1. The number of benzene rings is 1. The minimum Gasteiger partial charge on any atom is -0.478 e. The van der Waals surface area contributed by atoms with Crippen molar-refractivity contribution in [2.45, 2.75) is 65.6 Å². The molecule has 1 saturated heterocycles. The summed E-state index contributed by atoms with van der Waals surface area (Å²) in [6.45, 7) is 12.2. The Morgan fingerprint density at radius 1 is 1.13 bits per heavy atom. The molecular weight excluding hydrogens is 608 g/mol. The Bertz CT molecular complexity index is 1220. The molecule has 2 amide bonds. The molecule has 1 aliphatic heterocycles. The number of hydrogen-bond donors (Lipinski definition) is 5. The van der Waals surface area contributed by atoms with Gasteiger partial charge in [0, 0.05) is 49.3 Å². The molecule has 1 heterocycles. The lowest BCUT2D eigenvalue weighted by Gasteiger charge is -2.47. The highest BCUT2D eigenvalue weighted by Gasteiger charge is 2.40. The van der Waals surface area contributed by atoms with E-state index in [-0.39, 0.29) is 43.8 Å². The average molecular weight is 655 g/mol. The molecule has 14 heteroatoms. The zero-order valence-corrected chi connectivity index (χ0v) is 27.7. The molecule has 0 radical (unpaired) electrons. The lowest BCUT2D eigenvalue weighted by molar-refractivity contribution is -0.150. The number of aliphatic carboxylic acids is 2. The second-order valence-corrected chi connectivity index (χ2v) is 13.0. The van der Waals surface area contributed by atoms with Gasteiger partial charge in [-0.15, -0.1) is 0 Å². The lowest BCUT2D eigenvalue weighted by atomic mass is 9.86. The van der Waals surface area contributed by atoms with E-state index in [0.29, 0.717) is 29.4 Å². The molecule has 1 aromatic rings. The van der Waals surface area contributed by atoms with Crippen LogP contribution < -0.4 is 16.0 Å². The van der Waals surface area contributed by atoms with Gasteiger partial charge in [0.1, 0.15) is 0 Å². The standard InChI is InChI=1S/C27H43ClN4O5.C4H4O4/c1-17(2)18(24(35)30-15-26(3,4)25(36)37-7)12-22(33)20(29)13-31-14-23(34)32(16-27(31,5)6)21-11-9-8-10-19(21)28;5-3(6)1-2-4(7)8/h8-11,17-18,20,22,33H,12-16,29H2,1-7H3,(H,30,35);1-2H,(H,5,6)(H,7,8)/b;2-1+/t18-,20-,22-;/m0./s1. The first kappa shape index (κ1) is 39.5. The number of ether oxygens (including phenoxy) is 1. The number of piperazine rings is 1. The summed E-state index contributed by atoms with van der Waals surface area (Å²) >= 11 is 6.33. The number of nitrogens with one attached hydrogen (secondary N) is 1. The number of rotatable bonds is 13. The Hall–Kier alpha value is -3.52. The molecule has 0 saturated carbocycles. The summed E-state index contributed by atoms with van der Waals surface area (Å²) < 4.78 is 4.80. The molecule has 13 nitrogen and oxygen atoms in total. The third-order valence-electron chi connectivity index (χ3n) is 7.54. The van der Waals surface area contributed by atoms with Crippen molar-refractivity contribution in [1.29, 1.82) is 0 Å². The number of carbonyl (C=O) groups is 5. The molecule has 252 valence electrons. The van der Waals surface area contributed by atoms with Crippen LogP contribution in [0.4, 0.5) is 5.69 Å². The van der Waals surface area contributed by atoms with Crippen LogP contribution >= 0.6 is 11.6 Å². The van der Waals surface area contributed by atoms with E-state index in [2.05, 4.69) is 5.32 Å². The first-order chi connectivity index (χ1) is 20.7. The van der Waals surface area contributed by atoms with Crippen molar-refractivity contribution in [3.8, 4) is 0 Å². The van der Waals surface area contributed by atoms with Crippen LogP contribution in [-0.2, 0) is 28.7 Å². The molecule has 1 aromatic carbocycles. The van der Waals surface area contributed by atoms with Gasteiger partial charge in [0.05, 0.1) is 35.9 Å². The van der Waals surface area contributed by atoms with Crippen molar-refractivity contribution in [2.24, 2.45) is 23.0 Å². The van der Waals surface area contributed by atoms with Gasteiger partial charge in [-0.25, -0.2) is 9.59 Å². The normalized spacial score (nSPS) is 17.2. The van der Waals surface area contributed by atoms with E-state index in [9.17, 15) is 29.1 Å². The van der Waals surface area contributed by atoms with Gasteiger partial charge < -0.3 is 36.0 Å². The van der Waals surface area contributed by atoms with Gasteiger partial charge in [0.2, 0.25) is 11.8 Å². The van der Waals surface area contributed by atoms with E-state index in [0.717, 1.165) is 0 Å². The van der Waals surface area contributed by atoms with Crippen LogP contribution in [0.25, 0.3) is 0 Å². The number of esters is 1. The molecular formula is C31H47ClN4O9. The smallest absolute Gasteiger partial charge is 0.328 e. The van der Waals surface area contributed by atoms with E-state index in [4.69, 9.17) is 32.3 Å². The molecule has 0 spiro atoms. The van der Waals surface area contributed by atoms with Gasteiger partial charge in [0.15, 0.2) is 0 Å². The molecule has 0 aliphatic carbocycles. The fourth-order valence-corrected chi connectivity index (χ4v) is 4.90. The Balaban J connectivity index is 0.00000111. The topological polar surface area (TPSA) is 200 Å². The quantitative estimate of drug-likeness (QED) is 0.154. The summed E-state index contributed by atoms with van der Waals surface area (Å²) in [6.07, 6.45) is 0.321. The summed E-state index contributed by atoms with van der Waals surface area (Å²) in [6, 6.07) is 6.58. The fraction of sp³-hybridized carbons (Fsp3) is 0.581. The number of carboxylic acids is 2. The number of aliphatic hydroxyl groups excluding tert-OH is 1. The highest BCUT2D eigenvalue weighted by molar-refractivity contribution is 6.33. The second kappa shape index (κ2) is 17.2. The highest BCUT2D eigenvalue weighted by atomic mass is 35.5. The third kappa shape index (κ3) is 12.4. The van der Waals surface area contributed by atoms with Gasteiger partial charge in [0.25, 0.3) is 0 Å². The number of para-hydroxylation sites is 1. The largest absolute Gasteiger partial charge is 0.478 e. The van der Waals surface area contributed by atoms with Crippen molar-refractivity contribution in [3.63, 3.8) is 0 Å². The van der Waals surface area contributed by atoms with E-state index in [1.54, 1.807) is 24.8 Å². The maximum absolute atomic E-state index is 13.0. The highest BCUT2D eigenvalue weighted by Crippen LogP contribution is 2.31. The van der Waals surface area contributed by atoms with Crippen molar-refractivity contribution in [3.05, 3.63) is 41.4 Å². The van der Waals surface area contributed by atoms with E-state index in [1.807, 2.05) is 50.8 Å². The van der Waals surface area contributed by atoms with Crippen LogP contribution in [0, 0.1) is 17.3 Å². The molecule has 6 N–H and O–H groups in total. The summed E-state index contributed by atoms with van der Waals surface area (Å²) in [4.78, 5) is 60.7. The monoisotopic (exact) mass is 654 g/mol. The maximum atomic E-state index is 13.0. The van der Waals surface area contributed by atoms with Gasteiger partial charge in [-0.1, -0.05) is 37.6 Å². The lowest BCUT2D eigenvalue weighted by Crippen LogP contribution is -2.64. The van der Waals surface area contributed by atoms with Crippen molar-refractivity contribution in [1.82, 2.24) is 10.2 Å². The van der Waals surface area contributed by atoms with E-state index >= 15 is 0 Å². The molecule has 3 atom stereocenters. The second-order valence-electron chi connectivity index (χ2n) is 12.5. The fourth-order valence-electron chi connectivity index (χ4n) is 4.66. The molecule has 2 rings (SSSR count). The molecule has 1 aliphatic rings. The minimum absolute atomic E-state index is 0.0553. The molecule has 0 unspecified atom stereocenters. The Morgan fingerprint density at radius 3 is 2.18 bits per heavy atom. The van der Waals surface area contributed by atoms with Crippen LogP contribution in [0.5, 0.6) is 0 Å². The third-order valence-corrected chi connectivity index (χ3v) is 7.86. The number of carbonyl (C=O) groups excluding carboxylic acids is 3. The van der Waals surface area contributed by atoms with Gasteiger partial charge in [-0.2, -0.15) is 0 Å². The number of amides is 2. The summed E-state index contributed by atoms with van der Waals surface area (Å²) in [5.41, 5.74) is 5.79. The molecule has 0 bridgehead atoms. The van der Waals surface area contributed by atoms with Crippen molar-refractivity contribution in [2.75, 3.05) is 38.2 Å².